The van der Waals surface area contributed by atoms with Crippen LogP contribution in [0, 0.1) is 0 Å². The first-order chi connectivity index (χ1) is 9.72. The zero-order chi connectivity index (χ0) is 14.4. The highest BCUT2D eigenvalue weighted by Crippen LogP contribution is 2.15. The predicted molar refractivity (Wildman–Crippen MR) is 76.9 cm³/mol. The van der Waals surface area contributed by atoms with E-state index >= 15 is 0 Å². The lowest BCUT2D eigenvalue weighted by molar-refractivity contribution is 0.312. The summed E-state index contributed by atoms with van der Waals surface area (Å²) in [5.41, 5.74) is 0.944. The Morgan fingerprint density at radius 2 is 2.10 bits per heavy atom. The first kappa shape index (κ1) is 14.0. The lowest BCUT2D eigenvalue weighted by Gasteiger charge is -2.17. The molecule has 7 nitrogen and oxygen atoms in total. The fourth-order valence-corrected chi connectivity index (χ4v) is 1.63. The van der Waals surface area contributed by atoms with Gasteiger partial charge in [0.25, 0.3) is 0 Å². The molecule has 2 aromatic heterocycles. The van der Waals surface area contributed by atoms with Crippen molar-refractivity contribution in [2.45, 2.75) is 13.5 Å². The summed E-state index contributed by atoms with van der Waals surface area (Å²) >= 11 is 0. The van der Waals surface area contributed by atoms with Crippen molar-refractivity contribution < 1.29 is 4.74 Å². The minimum atomic E-state index is 0.315. The van der Waals surface area contributed by atoms with E-state index in [2.05, 4.69) is 25.3 Å². The third-order valence-corrected chi connectivity index (χ3v) is 2.57. The van der Waals surface area contributed by atoms with Crippen LogP contribution in [0.15, 0.2) is 24.4 Å². The van der Waals surface area contributed by atoms with Crippen LogP contribution in [0.2, 0.25) is 0 Å². The van der Waals surface area contributed by atoms with Crippen LogP contribution in [0.3, 0.4) is 0 Å². The summed E-state index contributed by atoms with van der Waals surface area (Å²) < 4.78 is 5.34. The number of hydrogen-bond donors (Lipinski definition) is 1. The molecule has 106 valence electrons. The zero-order valence-corrected chi connectivity index (χ0v) is 11.9. The molecule has 0 atom stereocenters. The van der Waals surface area contributed by atoms with E-state index in [1.54, 1.807) is 13.2 Å². The molecule has 0 aliphatic rings. The zero-order valence-electron chi connectivity index (χ0n) is 11.9. The Labute approximate surface area is 118 Å². The van der Waals surface area contributed by atoms with E-state index in [1.165, 1.54) is 0 Å². The van der Waals surface area contributed by atoms with Gasteiger partial charge in [-0.2, -0.15) is 15.0 Å². The monoisotopic (exact) mass is 274 g/mol. The molecule has 0 saturated heterocycles. The Bertz CT molecular complexity index is 548. The first-order valence-corrected chi connectivity index (χ1v) is 6.40. The standard InChI is InChI=1S/C13H18N6O/c1-4-20-13-17-11(14-2)16-12(18-13)19(3)9-10-7-5-6-8-15-10/h5-8H,4,9H2,1-3H3,(H,14,16,17,18). The third kappa shape index (κ3) is 3.53. The molecule has 0 aliphatic carbocycles. The van der Waals surface area contributed by atoms with Crippen molar-refractivity contribution in [1.29, 1.82) is 0 Å². The van der Waals surface area contributed by atoms with Crippen LogP contribution < -0.4 is 15.0 Å². The molecule has 0 fully saturated rings. The Balaban J connectivity index is 2.19. The summed E-state index contributed by atoms with van der Waals surface area (Å²) in [4.78, 5) is 18.9. The Hall–Kier alpha value is -2.44. The maximum atomic E-state index is 5.34. The van der Waals surface area contributed by atoms with Gasteiger partial charge in [-0.05, 0) is 19.1 Å². The van der Waals surface area contributed by atoms with Gasteiger partial charge in [0.1, 0.15) is 0 Å². The summed E-state index contributed by atoms with van der Waals surface area (Å²) in [6.07, 6.45) is 1.77. The fraction of sp³-hybridized carbons (Fsp3) is 0.385. The normalized spacial score (nSPS) is 10.2. The quantitative estimate of drug-likeness (QED) is 0.851. The molecule has 0 aromatic carbocycles. The Kier molecular flexibility index (Phi) is 4.65. The number of hydrogen-bond acceptors (Lipinski definition) is 7. The van der Waals surface area contributed by atoms with Gasteiger partial charge in [-0.15, -0.1) is 0 Å². The van der Waals surface area contributed by atoms with Crippen LogP contribution in [0.1, 0.15) is 12.6 Å². The van der Waals surface area contributed by atoms with Gasteiger partial charge >= 0.3 is 6.01 Å². The average Bonchev–Trinajstić information content (AvgIpc) is 2.48. The molecule has 2 rings (SSSR count). The van der Waals surface area contributed by atoms with Gasteiger partial charge in [0.15, 0.2) is 0 Å². The smallest absolute Gasteiger partial charge is 0.323 e. The molecule has 7 heteroatoms. The van der Waals surface area contributed by atoms with Crippen LogP contribution in [0.5, 0.6) is 6.01 Å². The fourth-order valence-electron chi connectivity index (χ4n) is 1.63. The van der Waals surface area contributed by atoms with E-state index in [1.807, 2.05) is 37.1 Å². The number of pyridine rings is 1. The molecular weight excluding hydrogens is 256 g/mol. The highest BCUT2D eigenvalue weighted by Gasteiger charge is 2.11. The second-order valence-electron chi connectivity index (χ2n) is 4.10. The number of rotatable bonds is 6. The van der Waals surface area contributed by atoms with Gasteiger partial charge < -0.3 is 15.0 Å². The van der Waals surface area contributed by atoms with Gasteiger partial charge in [-0.25, -0.2) is 0 Å². The van der Waals surface area contributed by atoms with Crippen LogP contribution in [0.25, 0.3) is 0 Å². The predicted octanol–water partition coefficient (Wildman–Crippen LogP) is 1.34. The molecule has 0 bridgehead atoms. The van der Waals surface area contributed by atoms with E-state index in [4.69, 9.17) is 4.74 Å². The van der Waals surface area contributed by atoms with Crippen molar-refractivity contribution in [2.75, 3.05) is 30.9 Å². The summed E-state index contributed by atoms with van der Waals surface area (Å²) in [5.74, 6) is 1.02. The Morgan fingerprint density at radius 3 is 2.75 bits per heavy atom. The molecule has 20 heavy (non-hydrogen) atoms. The minimum absolute atomic E-state index is 0.315. The highest BCUT2D eigenvalue weighted by atomic mass is 16.5. The SMILES string of the molecule is CCOc1nc(NC)nc(N(C)Cc2ccccn2)n1. The Morgan fingerprint density at radius 1 is 1.25 bits per heavy atom. The number of ether oxygens (including phenoxy) is 1. The molecule has 1 N–H and O–H groups in total. The number of aromatic nitrogens is 4. The van der Waals surface area contributed by atoms with Gasteiger partial charge in [0.05, 0.1) is 18.8 Å². The molecule has 0 spiro atoms. The van der Waals surface area contributed by atoms with Crippen LogP contribution in [-0.2, 0) is 6.54 Å². The molecular formula is C13H18N6O. The van der Waals surface area contributed by atoms with E-state index in [0.29, 0.717) is 31.1 Å². The van der Waals surface area contributed by atoms with Crippen molar-refractivity contribution in [2.24, 2.45) is 0 Å². The van der Waals surface area contributed by atoms with Crippen molar-refractivity contribution in [3.63, 3.8) is 0 Å². The third-order valence-electron chi connectivity index (χ3n) is 2.57. The molecule has 0 amide bonds. The van der Waals surface area contributed by atoms with Gasteiger partial charge in [0, 0.05) is 20.3 Å². The summed E-state index contributed by atoms with van der Waals surface area (Å²) in [6.45, 7) is 3.01. The second kappa shape index (κ2) is 6.65. The van der Waals surface area contributed by atoms with E-state index < -0.39 is 0 Å². The summed E-state index contributed by atoms with van der Waals surface area (Å²) in [6, 6.07) is 6.11. The maximum Gasteiger partial charge on any atom is 0.323 e. The number of anilines is 2. The van der Waals surface area contributed by atoms with E-state index in [-0.39, 0.29) is 0 Å². The van der Waals surface area contributed by atoms with Crippen molar-refractivity contribution in [3.05, 3.63) is 30.1 Å². The van der Waals surface area contributed by atoms with Crippen molar-refractivity contribution in [1.82, 2.24) is 19.9 Å². The molecule has 0 radical (unpaired) electrons. The van der Waals surface area contributed by atoms with Gasteiger partial charge in [-0.1, -0.05) is 6.07 Å². The van der Waals surface area contributed by atoms with E-state index in [0.717, 1.165) is 5.69 Å². The maximum absolute atomic E-state index is 5.34. The van der Waals surface area contributed by atoms with Gasteiger partial charge in [0.2, 0.25) is 11.9 Å². The number of nitrogens with zero attached hydrogens (tertiary/aromatic N) is 5. The lowest BCUT2D eigenvalue weighted by atomic mass is 10.3. The van der Waals surface area contributed by atoms with Crippen molar-refractivity contribution in [3.8, 4) is 6.01 Å². The van der Waals surface area contributed by atoms with E-state index in [9.17, 15) is 0 Å². The first-order valence-electron chi connectivity index (χ1n) is 6.40. The minimum Gasteiger partial charge on any atom is -0.464 e. The topological polar surface area (TPSA) is 76.1 Å². The van der Waals surface area contributed by atoms with Crippen LogP contribution >= 0.6 is 0 Å². The number of nitrogens with one attached hydrogen (secondary N) is 1. The lowest BCUT2D eigenvalue weighted by Crippen LogP contribution is -2.21. The van der Waals surface area contributed by atoms with Crippen LogP contribution in [-0.4, -0.2) is 40.6 Å². The molecule has 0 unspecified atom stereocenters. The molecule has 2 aromatic rings. The summed E-state index contributed by atoms with van der Waals surface area (Å²) in [5, 5.41) is 2.90. The summed E-state index contributed by atoms with van der Waals surface area (Å²) in [7, 11) is 3.66. The molecule has 0 aliphatic heterocycles. The molecule has 2 heterocycles. The molecule has 0 saturated carbocycles. The van der Waals surface area contributed by atoms with Gasteiger partial charge in [-0.3, -0.25) is 4.98 Å². The highest BCUT2D eigenvalue weighted by molar-refractivity contribution is 5.37. The second-order valence-corrected chi connectivity index (χ2v) is 4.10. The van der Waals surface area contributed by atoms with Crippen molar-refractivity contribution >= 4 is 11.9 Å². The van der Waals surface area contributed by atoms with Crippen LogP contribution in [0.4, 0.5) is 11.9 Å². The average molecular weight is 274 g/mol. The largest absolute Gasteiger partial charge is 0.464 e.